The first kappa shape index (κ1) is 65.1. The monoisotopic (exact) mass is 597 g/mol. The largest absolute Gasteiger partial charge is 0 e. The molecule has 0 aromatic rings. The summed E-state index contributed by atoms with van der Waals surface area (Å²) in [5, 5.41) is 0. The molecule has 0 atom stereocenters. The second-order valence-corrected chi connectivity index (χ2v) is 8.76. The minimum absolute atomic E-state index is 0. The molecule has 6 nitrogen and oxygen atoms in total. The molecule has 2 aliphatic heterocycles. The van der Waals surface area contributed by atoms with Crippen LogP contribution in [0.3, 0.4) is 0 Å². The fourth-order valence-electron chi connectivity index (χ4n) is 1.12. The van der Waals surface area contributed by atoms with E-state index < -0.39 is 0 Å². The number of hydrogen-bond acceptors (Lipinski definition) is 0. The van der Waals surface area contributed by atoms with Gasteiger partial charge in [-0.15, -0.1) is 0 Å². The van der Waals surface area contributed by atoms with Crippen LogP contribution >= 0.6 is 0 Å². The van der Waals surface area contributed by atoms with Crippen molar-refractivity contribution < 1.29 is 62.2 Å². The summed E-state index contributed by atoms with van der Waals surface area (Å²) in [6, 6.07) is 0. The third kappa shape index (κ3) is 385. The van der Waals surface area contributed by atoms with E-state index in [9.17, 15) is 0 Å². The summed E-state index contributed by atoms with van der Waals surface area (Å²) in [7, 11) is 0. The van der Waals surface area contributed by atoms with E-state index in [1.165, 1.54) is 49.4 Å². The van der Waals surface area contributed by atoms with Crippen molar-refractivity contribution in [2.45, 2.75) is 109 Å². The predicted octanol–water partition coefficient (Wildman–Crippen LogP) is 6.94. The Balaban J connectivity index is -0.0000000265. The molecule has 2 fully saturated rings. The summed E-state index contributed by atoms with van der Waals surface area (Å²) in [6.07, 6.45) is 5.33. The van der Waals surface area contributed by atoms with E-state index >= 15 is 0 Å². The summed E-state index contributed by atoms with van der Waals surface area (Å²) in [5.74, 6) is 5.67. The topological polar surface area (TPSA) is 105 Å². The minimum atomic E-state index is 0. The van der Waals surface area contributed by atoms with Crippen LogP contribution in [0.2, 0.25) is 0 Å². The Morgan fingerprint density at radius 1 is 0.472 bits per heavy atom. The fourth-order valence-corrected chi connectivity index (χ4v) is 1.12. The summed E-state index contributed by atoms with van der Waals surface area (Å²) in [5.41, 5.74) is 0. The molecule has 0 unspecified atom stereocenters. The van der Waals surface area contributed by atoms with Crippen LogP contribution in [0.15, 0.2) is 0 Å². The molecular formula is C28H54CoCrO6+2. The predicted molar refractivity (Wildman–Crippen MR) is 139 cm³/mol. The zero-order valence-corrected chi connectivity index (χ0v) is 27.2. The van der Waals surface area contributed by atoms with Crippen LogP contribution in [0.4, 0.5) is 0 Å². The Morgan fingerprint density at radius 3 is 0.583 bits per heavy atom. The van der Waals surface area contributed by atoms with Crippen LogP contribution < -0.4 is 0 Å². The van der Waals surface area contributed by atoms with Crippen LogP contribution in [0.25, 0.3) is 0 Å². The molecule has 0 aliphatic carbocycles. The van der Waals surface area contributed by atoms with E-state index in [0.29, 0.717) is 0 Å². The molecule has 215 valence electrons. The van der Waals surface area contributed by atoms with Crippen molar-refractivity contribution >= 4 is 0 Å². The standard InChI is InChI=1S/2C4H8O.4C4H9.4CO.Co.Cr/c2*1-2-4-5-3-1;4*1-4(2)3;4*1-2;;/h2*1-4H2;4*1-3H3;;;;;;/q;;2*-1;2*+1;;;;;;/p+2. The van der Waals surface area contributed by atoms with Crippen molar-refractivity contribution in [3.8, 4) is 0 Å². The molecular weight excluding hydrogens is 543 g/mol. The average Bonchev–Trinajstić information content (AvgIpc) is 3.51. The van der Waals surface area contributed by atoms with Gasteiger partial charge in [-0.1, -0.05) is 0 Å². The van der Waals surface area contributed by atoms with Crippen LogP contribution in [0.5, 0.6) is 0 Å². The van der Waals surface area contributed by atoms with E-state index in [2.05, 4.69) is 119 Å². The summed E-state index contributed by atoms with van der Waals surface area (Å²) in [4.78, 5) is 0. The maximum atomic E-state index is 7.50. The number of aliphatic hydroxyl groups is 4. The Labute approximate surface area is 247 Å². The Hall–Kier alpha value is -0.341. The fraction of sp³-hybridized carbons (Fsp3) is 0.714. The molecule has 2 rings (SSSR count). The minimum Gasteiger partial charge on any atom is 0 e. The average molecular weight is 598 g/mol. The molecule has 1 radical (unpaired) electrons. The molecule has 0 amide bonds. The normalized spacial score (nSPS) is 10.4. The van der Waals surface area contributed by atoms with Gasteiger partial charge in [0, 0.05) is 59.8 Å². The molecule has 0 bridgehead atoms. The molecule has 0 aromatic carbocycles. The van der Waals surface area contributed by atoms with Crippen LogP contribution in [-0.2, 0) is 52.7 Å². The van der Waals surface area contributed by atoms with Gasteiger partial charge in [-0.25, -0.2) is 0 Å². The third-order valence-corrected chi connectivity index (χ3v) is 1.76. The number of ether oxygens (including phenoxy) is 2. The van der Waals surface area contributed by atoms with E-state index in [0.717, 1.165) is 26.4 Å². The number of rotatable bonds is 0. The SMILES string of the molecule is C1CC[OH+]C1.C1CC[OH+]C1.C[C+](C)C.C[C+](C)C.C[C-](C)C.C[C-](C)C.[C-]#[O+].[C-]#[O+].[C-]#[O+].[C-]#[O+].[Co].[Cr]. The third-order valence-electron chi connectivity index (χ3n) is 1.76. The van der Waals surface area contributed by atoms with Crippen LogP contribution in [-0.4, -0.2) is 35.9 Å². The van der Waals surface area contributed by atoms with Gasteiger partial charge in [0.2, 0.25) is 0 Å². The van der Waals surface area contributed by atoms with Gasteiger partial charge < -0.3 is 21.3 Å². The van der Waals surface area contributed by atoms with Gasteiger partial charge in [0.05, 0.1) is 53.4 Å². The Kier molecular flexibility index (Phi) is 151. The van der Waals surface area contributed by atoms with E-state index in [-0.39, 0.29) is 34.1 Å². The van der Waals surface area contributed by atoms with Crippen molar-refractivity contribution in [2.75, 3.05) is 26.4 Å². The molecule has 2 N–H and O–H groups in total. The van der Waals surface area contributed by atoms with E-state index in [4.69, 9.17) is 18.6 Å². The Bertz CT molecular complexity index is 263. The second-order valence-electron chi connectivity index (χ2n) is 8.76. The van der Waals surface area contributed by atoms with Crippen LogP contribution in [0, 0.1) is 50.3 Å². The summed E-state index contributed by atoms with van der Waals surface area (Å²) in [6.45, 7) is 47.5. The zero-order valence-electron chi connectivity index (χ0n) is 24.9. The maximum Gasteiger partial charge on any atom is 0 e. The Morgan fingerprint density at radius 2 is 0.556 bits per heavy atom. The number of hydrogen-bond donors (Lipinski definition) is 0. The summed E-state index contributed by atoms with van der Waals surface area (Å²) >= 11 is 0. The zero-order chi connectivity index (χ0) is 29.4. The first-order valence-electron chi connectivity index (χ1n) is 11.1. The van der Waals surface area contributed by atoms with Crippen molar-refractivity contribution in [1.82, 2.24) is 0 Å². The molecule has 0 saturated carbocycles. The first-order valence-corrected chi connectivity index (χ1v) is 11.1. The first-order chi connectivity index (χ1) is 15.9. The second kappa shape index (κ2) is 83.7. The maximum absolute atomic E-state index is 7.50. The van der Waals surface area contributed by atoms with E-state index in [1.54, 1.807) is 0 Å². The molecule has 2 saturated heterocycles. The molecule has 36 heavy (non-hydrogen) atoms. The van der Waals surface area contributed by atoms with Gasteiger partial charge >= 0.3 is 45.2 Å². The van der Waals surface area contributed by atoms with Crippen molar-refractivity contribution in [2.24, 2.45) is 0 Å². The molecule has 2 aliphatic rings. The van der Waals surface area contributed by atoms with Crippen LogP contribution in [0.1, 0.15) is 109 Å². The van der Waals surface area contributed by atoms with Gasteiger partial charge in [0.25, 0.3) is 0 Å². The van der Waals surface area contributed by atoms with Gasteiger partial charge in [0.1, 0.15) is 26.4 Å². The van der Waals surface area contributed by atoms with Gasteiger partial charge in [-0.2, -0.15) is 41.5 Å². The molecule has 0 aromatic heterocycles. The van der Waals surface area contributed by atoms with Crippen molar-refractivity contribution in [3.05, 3.63) is 50.3 Å². The van der Waals surface area contributed by atoms with Gasteiger partial charge in [-0.3, -0.25) is 0 Å². The molecule has 8 heteroatoms. The smallest absolute Gasteiger partial charge is 0 e. The molecule has 2 heterocycles. The van der Waals surface area contributed by atoms with Gasteiger partial charge in [-0.05, 0) is 0 Å². The van der Waals surface area contributed by atoms with Gasteiger partial charge in [0.15, 0.2) is 0 Å². The molecule has 0 spiro atoms. The van der Waals surface area contributed by atoms with Crippen molar-refractivity contribution in [1.29, 1.82) is 0 Å². The van der Waals surface area contributed by atoms with Crippen molar-refractivity contribution in [3.63, 3.8) is 0 Å². The van der Waals surface area contributed by atoms with E-state index in [1.807, 2.05) is 0 Å². The quantitative estimate of drug-likeness (QED) is 0.213. The summed E-state index contributed by atoms with van der Waals surface area (Å²) < 4.78 is 38.2.